The van der Waals surface area contributed by atoms with Crippen molar-refractivity contribution in [2.24, 2.45) is 0 Å². The molecule has 6 heteroatoms. The molecule has 0 saturated carbocycles. The Morgan fingerprint density at radius 2 is 1.79 bits per heavy atom. The molecule has 0 N–H and O–H groups in total. The third kappa shape index (κ3) is 2.41. The van der Waals surface area contributed by atoms with E-state index in [-0.39, 0.29) is 10.9 Å². The second-order valence-corrected chi connectivity index (χ2v) is 7.94. The zero-order valence-corrected chi connectivity index (χ0v) is 14.3. The van der Waals surface area contributed by atoms with Crippen molar-refractivity contribution in [3.63, 3.8) is 0 Å². The molecule has 4 rings (SSSR count). The first kappa shape index (κ1) is 15.3. The molecule has 0 unspecified atom stereocenters. The molecule has 0 fully saturated rings. The SMILES string of the molecule is C[C@@H]1CCc2ccccc2N1S(=O)(=O)c1ccc2c(c1)OCCO2. The molecule has 0 bridgehead atoms. The van der Waals surface area contributed by atoms with E-state index in [9.17, 15) is 8.42 Å². The highest BCUT2D eigenvalue weighted by Crippen LogP contribution is 2.38. The third-order valence-electron chi connectivity index (χ3n) is 4.53. The minimum Gasteiger partial charge on any atom is -0.486 e. The van der Waals surface area contributed by atoms with Crippen LogP contribution in [-0.2, 0) is 16.4 Å². The van der Waals surface area contributed by atoms with Crippen LogP contribution in [0.1, 0.15) is 18.9 Å². The summed E-state index contributed by atoms with van der Waals surface area (Å²) < 4.78 is 39.1. The van der Waals surface area contributed by atoms with Crippen molar-refractivity contribution < 1.29 is 17.9 Å². The average Bonchev–Trinajstić information content (AvgIpc) is 2.61. The molecule has 0 amide bonds. The molecule has 24 heavy (non-hydrogen) atoms. The van der Waals surface area contributed by atoms with E-state index in [1.165, 1.54) is 4.31 Å². The van der Waals surface area contributed by atoms with E-state index in [1.54, 1.807) is 18.2 Å². The Hall–Kier alpha value is -2.21. The van der Waals surface area contributed by atoms with Crippen molar-refractivity contribution in [2.45, 2.75) is 30.7 Å². The fraction of sp³-hybridized carbons (Fsp3) is 0.333. The van der Waals surface area contributed by atoms with Crippen LogP contribution in [0.15, 0.2) is 47.4 Å². The van der Waals surface area contributed by atoms with E-state index in [0.717, 1.165) is 24.1 Å². The van der Waals surface area contributed by atoms with Crippen molar-refractivity contribution in [1.82, 2.24) is 0 Å². The molecule has 1 atom stereocenters. The topological polar surface area (TPSA) is 55.8 Å². The summed E-state index contributed by atoms with van der Waals surface area (Å²) in [6, 6.07) is 12.4. The number of rotatable bonds is 2. The Labute approximate surface area is 141 Å². The Balaban J connectivity index is 1.80. The summed E-state index contributed by atoms with van der Waals surface area (Å²) in [5.74, 6) is 1.08. The van der Waals surface area contributed by atoms with Crippen molar-refractivity contribution >= 4 is 15.7 Å². The summed E-state index contributed by atoms with van der Waals surface area (Å²) in [6.45, 7) is 2.86. The maximum absolute atomic E-state index is 13.3. The van der Waals surface area contributed by atoms with E-state index in [2.05, 4.69) is 0 Å². The Morgan fingerprint density at radius 3 is 2.62 bits per heavy atom. The number of hydrogen-bond acceptors (Lipinski definition) is 4. The molecule has 0 saturated heterocycles. The summed E-state index contributed by atoms with van der Waals surface area (Å²) in [6.07, 6.45) is 1.70. The zero-order chi connectivity index (χ0) is 16.7. The normalized spacial score (nSPS) is 19.7. The number of hydrogen-bond donors (Lipinski definition) is 0. The lowest BCUT2D eigenvalue weighted by Crippen LogP contribution is -2.42. The number of aryl methyl sites for hydroxylation is 1. The van der Waals surface area contributed by atoms with Crippen LogP contribution in [-0.4, -0.2) is 27.7 Å². The molecule has 126 valence electrons. The smallest absolute Gasteiger partial charge is 0.264 e. The number of para-hydroxylation sites is 1. The fourth-order valence-electron chi connectivity index (χ4n) is 3.32. The molecular weight excluding hydrogens is 326 g/mol. The van der Waals surface area contributed by atoms with Gasteiger partial charge in [-0.05, 0) is 43.5 Å². The highest BCUT2D eigenvalue weighted by Gasteiger charge is 2.34. The molecule has 0 spiro atoms. The van der Waals surface area contributed by atoms with Crippen LogP contribution in [0.4, 0.5) is 5.69 Å². The van der Waals surface area contributed by atoms with Crippen LogP contribution in [0.25, 0.3) is 0 Å². The van der Waals surface area contributed by atoms with E-state index in [4.69, 9.17) is 9.47 Å². The van der Waals surface area contributed by atoms with Gasteiger partial charge in [-0.25, -0.2) is 8.42 Å². The van der Waals surface area contributed by atoms with Crippen molar-refractivity contribution in [2.75, 3.05) is 17.5 Å². The summed E-state index contributed by atoms with van der Waals surface area (Å²) in [5.41, 5.74) is 1.84. The van der Waals surface area contributed by atoms with Gasteiger partial charge in [0.05, 0.1) is 10.6 Å². The molecule has 0 aliphatic carbocycles. The first-order valence-electron chi connectivity index (χ1n) is 8.09. The Kier molecular flexibility index (Phi) is 3.64. The van der Waals surface area contributed by atoms with Crippen LogP contribution in [0.3, 0.4) is 0 Å². The number of ether oxygens (including phenoxy) is 2. The summed E-state index contributed by atoms with van der Waals surface area (Å²) in [4.78, 5) is 0.232. The molecular formula is C18H19NO4S. The van der Waals surface area contributed by atoms with Crippen molar-refractivity contribution in [1.29, 1.82) is 0 Å². The van der Waals surface area contributed by atoms with Crippen LogP contribution in [0.2, 0.25) is 0 Å². The largest absolute Gasteiger partial charge is 0.486 e. The monoisotopic (exact) mass is 345 g/mol. The second-order valence-electron chi connectivity index (χ2n) is 6.12. The zero-order valence-electron chi connectivity index (χ0n) is 13.4. The molecule has 0 aromatic heterocycles. The van der Waals surface area contributed by atoms with Crippen LogP contribution in [0, 0.1) is 0 Å². The molecule has 2 aromatic carbocycles. The minimum atomic E-state index is -3.66. The van der Waals surface area contributed by atoms with E-state index in [1.807, 2.05) is 31.2 Å². The first-order chi connectivity index (χ1) is 11.6. The molecule has 0 radical (unpaired) electrons. The minimum absolute atomic E-state index is 0.0851. The quantitative estimate of drug-likeness (QED) is 0.840. The third-order valence-corrected chi connectivity index (χ3v) is 6.46. The molecule has 2 aliphatic rings. The van der Waals surface area contributed by atoms with Gasteiger partial charge in [0.2, 0.25) is 0 Å². The van der Waals surface area contributed by atoms with Gasteiger partial charge in [-0.1, -0.05) is 18.2 Å². The molecule has 2 heterocycles. The van der Waals surface area contributed by atoms with E-state index >= 15 is 0 Å². The fourth-order valence-corrected chi connectivity index (χ4v) is 5.06. The lowest BCUT2D eigenvalue weighted by atomic mass is 9.99. The molecule has 2 aromatic rings. The Bertz CT molecular complexity index is 878. The number of fused-ring (bicyclic) bond motifs is 2. The number of anilines is 1. The maximum atomic E-state index is 13.3. The van der Waals surface area contributed by atoms with E-state index in [0.29, 0.717) is 24.7 Å². The van der Waals surface area contributed by atoms with E-state index < -0.39 is 10.0 Å². The van der Waals surface area contributed by atoms with Gasteiger partial charge >= 0.3 is 0 Å². The molecule has 5 nitrogen and oxygen atoms in total. The maximum Gasteiger partial charge on any atom is 0.264 e. The lowest BCUT2D eigenvalue weighted by Gasteiger charge is -2.36. The first-order valence-corrected chi connectivity index (χ1v) is 9.53. The lowest BCUT2D eigenvalue weighted by molar-refractivity contribution is 0.171. The average molecular weight is 345 g/mol. The van der Waals surface area contributed by atoms with Crippen molar-refractivity contribution in [3.8, 4) is 11.5 Å². The van der Waals surface area contributed by atoms with Gasteiger partial charge in [0.25, 0.3) is 10.0 Å². The van der Waals surface area contributed by atoms with Gasteiger partial charge < -0.3 is 9.47 Å². The van der Waals surface area contributed by atoms with Gasteiger partial charge in [0.1, 0.15) is 13.2 Å². The van der Waals surface area contributed by atoms with Gasteiger partial charge in [0, 0.05) is 12.1 Å². The predicted octanol–water partition coefficient (Wildman–Crippen LogP) is 2.99. The van der Waals surface area contributed by atoms with Crippen LogP contribution >= 0.6 is 0 Å². The van der Waals surface area contributed by atoms with Crippen LogP contribution < -0.4 is 13.8 Å². The van der Waals surface area contributed by atoms with Crippen molar-refractivity contribution in [3.05, 3.63) is 48.0 Å². The highest BCUT2D eigenvalue weighted by molar-refractivity contribution is 7.92. The van der Waals surface area contributed by atoms with Gasteiger partial charge in [-0.15, -0.1) is 0 Å². The summed E-state index contributed by atoms with van der Waals surface area (Å²) >= 11 is 0. The summed E-state index contributed by atoms with van der Waals surface area (Å²) in [5, 5.41) is 0. The van der Waals surface area contributed by atoms with Crippen LogP contribution in [0.5, 0.6) is 11.5 Å². The second kappa shape index (κ2) is 5.70. The standard InChI is InChI=1S/C18H19NO4S/c1-13-6-7-14-4-2-3-5-16(14)19(13)24(20,21)15-8-9-17-18(12-15)23-11-10-22-17/h2-5,8-9,12-13H,6-7,10-11H2,1H3/t13-/m1/s1. The summed E-state index contributed by atoms with van der Waals surface area (Å²) in [7, 11) is -3.66. The van der Waals surface area contributed by atoms with Gasteiger partial charge in [-0.3, -0.25) is 4.31 Å². The number of sulfonamides is 1. The predicted molar refractivity (Wildman–Crippen MR) is 91.3 cm³/mol. The van der Waals surface area contributed by atoms with Gasteiger partial charge in [-0.2, -0.15) is 0 Å². The Morgan fingerprint density at radius 1 is 1.04 bits per heavy atom. The van der Waals surface area contributed by atoms with Gasteiger partial charge in [0.15, 0.2) is 11.5 Å². The highest BCUT2D eigenvalue weighted by atomic mass is 32.2. The molecule has 2 aliphatic heterocycles. The number of benzene rings is 2. The number of nitrogens with zero attached hydrogens (tertiary/aromatic N) is 1.